The molecular formula is C13H16N4O. The number of carbonyl (C=O) groups is 1. The molecule has 1 aromatic heterocycles. The second kappa shape index (κ2) is 5.35. The number of rotatable bonds is 4. The van der Waals surface area contributed by atoms with Gasteiger partial charge in [-0.15, -0.1) is 0 Å². The number of aromatic nitrogens is 2. The van der Waals surface area contributed by atoms with Gasteiger partial charge in [-0.3, -0.25) is 9.48 Å². The second-order valence-electron chi connectivity index (χ2n) is 4.14. The number of hydrogen-bond donors (Lipinski definition) is 2. The van der Waals surface area contributed by atoms with Gasteiger partial charge in [0.15, 0.2) is 0 Å². The molecular weight excluding hydrogens is 228 g/mol. The number of hydrogen-bond acceptors (Lipinski definition) is 3. The van der Waals surface area contributed by atoms with Gasteiger partial charge >= 0.3 is 0 Å². The van der Waals surface area contributed by atoms with E-state index in [-0.39, 0.29) is 5.91 Å². The molecule has 94 valence electrons. The Kier molecular flexibility index (Phi) is 3.62. The average molecular weight is 244 g/mol. The molecule has 1 heterocycles. The van der Waals surface area contributed by atoms with Crippen LogP contribution in [0.4, 0.5) is 11.4 Å². The van der Waals surface area contributed by atoms with Gasteiger partial charge < -0.3 is 11.1 Å². The molecule has 2 rings (SSSR count). The standard InChI is InChI=1S/C13H16N4O/c1-10-9-11(14)3-4-12(10)16-13(18)5-8-17-7-2-6-15-17/h2-4,6-7,9H,5,8,14H2,1H3,(H,16,18). The summed E-state index contributed by atoms with van der Waals surface area (Å²) in [7, 11) is 0. The van der Waals surface area contributed by atoms with Gasteiger partial charge in [-0.05, 0) is 36.8 Å². The first-order chi connectivity index (χ1) is 8.65. The summed E-state index contributed by atoms with van der Waals surface area (Å²) in [4.78, 5) is 11.8. The smallest absolute Gasteiger partial charge is 0.226 e. The van der Waals surface area contributed by atoms with E-state index in [9.17, 15) is 4.79 Å². The van der Waals surface area contributed by atoms with Crippen LogP contribution in [-0.4, -0.2) is 15.7 Å². The third-order valence-corrected chi connectivity index (χ3v) is 2.65. The third-order valence-electron chi connectivity index (χ3n) is 2.65. The van der Waals surface area contributed by atoms with E-state index >= 15 is 0 Å². The zero-order valence-electron chi connectivity index (χ0n) is 10.3. The fourth-order valence-corrected chi connectivity index (χ4v) is 1.69. The SMILES string of the molecule is Cc1cc(N)ccc1NC(=O)CCn1cccn1. The molecule has 0 aliphatic carbocycles. The molecule has 0 aliphatic rings. The molecule has 5 nitrogen and oxygen atoms in total. The molecule has 0 radical (unpaired) electrons. The van der Waals surface area contributed by atoms with E-state index in [1.165, 1.54) is 0 Å². The van der Waals surface area contributed by atoms with E-state index in [0.29, 0.717) is 18.7 Å². The minimum absolute atomic E-state index is 0.0293. The van der Waals surface area contributed by atoms with Crippen molar-refractivity contribution in [2.24, 2.45) is 0 Å². The minimum Gasteiger partial charge on any atom is -0.399 e. The molecule has 0 unspecified atom stereocenters. The van der Waals surface area contributed by atoms with Gasteiger partial charge in [-0.2, -0.15) is 5.10 Å². The van der Waals surface area contributed by atoms with Crippen LogP contribution in [-0.2, 0) is 11.3 Å². The number of carbonyl (C=O) groups excluding carboxylic acids is 1. The van der Waals surface area contributed by atoms with Crippen molar-refractivity contribution in [3.63, 3.8) is 0 Å². The summed E-state index contributed by atoms with van der Waals surface area (Å²) >= 11 is 0. The van der Waals surface area contributed by atoms with Crippen LogP contribution in [0, 0.1) is 6.92 Å². The van der Waals surface area contributed by atoms with E-state index < -0.39 is 0 Å². The van der Waals surface area contributed by atoms with Crippen LogP contribution in [0.25, 0.3) is 0 Å². The van der Waals surface area contributed by atoms with Crippen LogP contribution in [0.5, 0.6) is 0 Å². The number of benzene rings is 1. The molecule has 1 aromatic carbocycles. The molecule has 1 amide bonds. The van der Waals surface area contributed by atoms with Crippen molar-refractivity contribution >= 4 is 17.3 Å². The Hall–Kier alpha value is -2.30. The molecule has 0 fully saturated rings. The summed E-state index contributed by atoms with van der Waals surface area (Å²) < 4.78 is 1.73. The molecule has 0 atom stereocenters. The number of anilines is 2. The van der Waals surface area contributed by atoms with E-state index in [2.05, 4.69) is 10.4 Å². The Balaban J connectivity index is 1.91. The molecule has 18 heavy (non-hydrogen) atoms. The molecule has 0 saturated heterocycles. The normalized spacial score (nSPS) is 10.3. The number of aryl methyl sites for hydroxylation is 2. The van der Waals surface area contributed by atoms with Crippen molar-refractivity contribution in [3.05, 3.63) is 42.2 Å². The van der Waals surface area contributed by atoms with Crippen LogP contribution in [0.15, 0.2) is 36.7 Å². The highest BCUT2D eigenvalue weighted by Crippen LogP contribution is 2.17. The monoisotopic (exact) mass is 244 g/mol. The lowest BCUT2D eigenvalue weighted by atomic mass is 10.2. The summed E-state index contributed by atoms with van der Waals surface area (Å²) in [5.41, 5.74) is 8.11. The molecule has 0 bridgehead atoms. The minimum atomic E-state index is -0.0293. The number of nitrogens with two attached hydrogens (primary N) is 1. The lowest BCUT2D eigenvalue weighted by Crippen LogP contribution is -2.15. The van der Waals surface area contributed by atoms with Crippen LogP contribution in [0.1, 0.15) is 12.0 Å². The van der Waals surface area contributed by atoms with E-state index in [1.807, 2.05) is 31.3 Å². The summed E-state index contributed by atoms with van der Waals surface area (Å²) in [6.45, 7) is 2.49. The van der Waals surface area contributed by atoms with Crippen LogP contribution >= 0.6 is 0 Å². The lowest BCUT2D eigenvalue weighted by Gasteiger charge is -2.09. The lowest BCUT2D eigenvalue weighted by molar-refractivity contribution is -0.116. The number of nitrogens with one attached hydrogen (secondary N) is 1. The first-order valence-electron chi connectivity index (χ1n) is 5.78. The quantitative estimate of drug-likeness (QED) is 0.805. The summed E-state index contributed by atoms with van der Waals surface area (Å²) in [6, 6.07) is 7.26. The summed E-state index contributed by atoms with van der Waals surface area (Å²) in [6.07, 6.45) is 3.93. The molecule has 2 aromatic rings. The van der Waals surface area contributed by atoms with Gasteiger partial charge in [0.25, 0.3) is 0 Å². The van der Waals surface area contributed by atoms with Gasteiger partial charge in [0.2, 0.25) is 5.91 Å². The summed E-state index contributed by atoms with van der Waals surface area (Å²) in [5, 5.41) is 6.91. The van der Waals surface area contributed by atoms with Crippen LogP contribution in [0.2, 0.25) is 0 Å². The van der Waals surface area contributed by atoms with E-state index in [1.54, 1.807) is 16.9 Å². The van der Waals surface area contributed by atoms with Crippen molar-refractivity contribution in [2.45, 2.75) is 19.9 Å². The van der Waals surface area contributed by atoms with Crippen molar-refractivity contribution in [1.29, 1.82) is 0 Å². The Labute approximate surface area is 106 Å². The second-order valence-corrected chi connectivity index (χ2v) is 4.14. The Bertz CT molecular complexity index is 534. The molecule has 3 N–H and O–H groups in total. The largest absolute Gasteiger partial charge is 0.399 e. The number of amides is 1. The topological polar surface area (TPSA) is 72.9 Å². The number of nitrogen functional groups attached to an aromatic ring is 1. The van der Waals surface area contributed by atoms with Crippen molar-refractivity contribution in [3.8, 4) is 0 Å². The third kappa shape index (κ3) is 3.10. The van der Waals surface area contributed by atoms with Gasteiger partial charge in [0.1, 0.15) is 0 Å². The highest BCUT2D eigenvalue weighted by atomic mass is 16.1. The van der Waals surface area contributed by atoms with E-state index in [0.717, 1.165) is 11.3 Å². The molecule has 0 spiro atoms. The number of nitrogens with zero attached hydrogens (tertiary/aromatic N) is 2. The van der Waals surface area contributed by atoms with Crippen molar-refractivity contribution < 1.29 is 4.79 Å². The van der Waals surface area contributed by atoms with Crippen molar-refractivity contribution in [1.82, 2.24) is 9.78 Å². The summed E-state index contributed by atoms with van der Waals surface area (Å²) in [5.74, 6) is -0.0293. The maximum absolute atomic E-state index is 11.8. The maximum atomic E-state index is 11.8. The first-order valence-corrected chi connectivity index (χ1v) is 5.78. The van der Waals surface area contributed by atoms with Crippen LogP contribution in [0.3, 0.4) is 0 Å². The fraction of sp³-hybridized carbons (Fsp3) is 0.231. The molecule has 0 saturated carbocycles. The fourth-order valence-electron chi connectivity index (χ4n) is 1.69. The molecule has 0 aliphatic heterocycles. The van der Waals surface area contributed by atoms with E-state index in [4.69, 9.17) is 5.73 Å². The predicted molar refractivity (Wildman–Crippen MR) is 71.1 cm³/mol. The van der Waals surface area contributed by atoms with Crippen LogP contribution < -0.4 is 11.1 Å². The zero-order chi connectivity index (χ0) is 13.0. The highest BCUT2D eigenvalue weighted by Gasteiger charge is 2.05. The van der Waals surface area contributed by atoms with Crippen molar-refractivity contribution in [2.75, 3.05) is 11.1 Å². The predicted octanol–water partition coefficient (Wildman–Crippen LogP) is 1.80. The zero-order valence-corrected chi connectivity index (χ0v) is 10.3. The Morgan fingerprint density at radius 1 is 1.50 bits per heavy atom. The Morgan fingerprint density at radius 2 is 2.33 bits per heavy atom. The first kappa shape index (κ1) is 12.2. The molecule has 5 heteroatoms. The maximum Gasteiger partial charge on any atom is 0.226 e. The average Bonchev–Trinajstić information content (AvgIpc) is 2.83. The highest BCUT2D eigenvalue weighted by molar-refractivity contribution is 5.91. The van der Waals surface area contributed by atoms with Gasteiger partial charge in [0, 0.05) is 36.7 Å². The Morgan fingerprint density at radius 3 is 3.00 bits per heavy atom. The van der Waals surface area contributed by atoms with Gasteiger partial charge in [-0.1, -0.05) is 0 Å². The van der Waals surface area contributed by atoms with Gasteiger partial charge in [0.05, 0.1) is 0 Å². The van der Waals surface area contributed by atoms with Gasteiger partial charge in [-0.25, -0.2) is 0 Å².